The maximum absolute atomic E-state index is 14.0. The van der Waals surface area contributed by atoms with E-state index >= 15 is 0 Å². The summed E-state index contributed by atoms with van der Waals surface area (Å²) in [4.78, 5) is 12.1. The normalized spacial score (nSPS) is 11.8. The van der Waals surface area contributed by atoms with Crippen molar-refractivity contribution in [3.05, 3.63) is 39.9 Å². The van der Waals surface area contributed by atoms with Crippen molar-refractivity contribution in [2.45, 2.75) is 40.0 Å². The van der Waals surface area contributed by atoms with E-state index in [1.807, 2.05) is 6.92 Å². The van der Waals surface area contributed by atoms with Gasteiger partial charge in [-0.05, 0) is 55.9 Å². The highest BCUT2D eigenvalue weighted by Gasteiger charge is 2.15. The fraction of sp³-hybridized carbons (Fsp3) is 0.526. The Morgan fingerprint density at radius 2 is 2.04 bits per heavy atom. The van der Waals surface area contributed by atoms with Gasteiger partial charge < -0.3 is 20.5 Å². The first-order chi connectivity index (χ1) is 11.9. The first-order valence-corrected chi connectivity index (χ1v) is 8.52. The minimum Gasteiger partial charge on any atom is -0.501 e. The van der Waals surface area contributed by atoms with Crippen LogP contribution in [0, 0.1) is 12.7 Å². The molecule has 0 spiro atoms. The predicted molar refractivity (Wildman–Crippen MR) is 98.2 cm³/mol. The lowest BCUT2D eigenvalue weighted by atomic mass is 9.94. The molecule has 3 N–H and O–H groups in total. The van der Waals surface area contributed by atoms with E-state index in [9.17, 15) is 14.3 Å². The van der Waals surface area contributed by atoms with Crippen LogP contribution in [0.25, 0.3) is 0 Å². The molecule has 25 heavy (non-hydrogen) atoms. The van der Waals surface area contributed by atoms with Crippen LogP contribution in [0.1, 0.15) is 37.0 Å². The highest BCUT2D eigenvalue weighted by Crippen LogP contribution is 2.27. The second-order valence-electron chi connectivity index (χ2n) is 5.85. The van der Waals surface area contributed by atoms with Crippen molar-refractivity contribution in [1.82, 2.24) is 5.32 Å². The number of anilines is 1. The number of ether oxygens (including phenoxy) is 1. The summed E-state index contributed by atoms with van der Waals surface area (Å²) >= 11 is 0. The van der Waals surface area contributed by atoms with Crippen molar-refractivity contribution in [2.24, 2.45) is 0 Å². The summed E-state index contributed by atoms with van der Waals surface area (Å²) in [7, 11) is 3.24. The van der Waals surface area contributed by atoms with E-state index in [0.717, 1.165) is 29.7 Å². The number of carbonyl (C=O) groups excluding carboxylic acids is 1. The molecule has 0 aliphatic rings. The van der Waals surface area contributed by atoms with E-state index < -0.39 is 0 Å². The van der Waals surface area contributed by atoms with Crippen LogP contribution in [0.2, 0.25) is 0 Å². The average Bonchev–Trinajstić information content (AvgIpc) is 2.61. The van der Waals surface area contributed by atoms with Gasteiger partial charge in [0.2, 0.25) is 0 Å². The molecule has 0 unspecified atom stereocenters. The van der Waals surface area contributed by atoms with Gasteiger partial charge in [0.1, 0.15) is 11.6 Å². The summed E-state index contributed by atoms with van der Waals surface area (Å²) in [6, 6.07) is 1.52. The lowest BCUT2D eigenvalue weighted by Gasteiger charge is -2.17. The number of allylic oxidation sites excluding steroid dienone is 1. The van der Waals surface area contributed by atoms with Gasteiger partial charge in [0.15, 0.2) is 0 Å². The third-order valence-corrected chi connectivity index (χ3v) is 4.45. The largest absolute Gasteiger partial charge is 0.501 e. The number of benzene rings is 1. The standard InChI is InChI=1S/C19H29FN2O3/c1-6-14-12(2)17(20)10-18(21-4)15(14)8-7-9-22-19(24)16(11-23)13(3)25-5/h10,21,23H,6-9,11H2,1-5H3,(H,22,24). The minimum atomic E-state index is -0.369. The molecule has 0 heterocycles. The van der Waals surface area contributed by atoms with Crippen molar-refractivity contribution in [3.8, 4) is 0 Å². The molecule has 0 aromatic heterocycles. The van der Waals surface area contributed by atoms with Gasteiger partial charge in [-0.1, -0.05) is 6.92 Å². The van der Waals surface area contributed by atoms with Crippen LogP contribution >= 0.6 is 0 Å². The Morgan fingerprint density at radius 3 is 2.56 bits per heavy atom. The number of hydrogen-bond acceptors (Lipinski definition) is 4. The van der Waals surface area contributed by atoms with Gasteiger partial charge in [0.25, 0.3) is 5.91 Å². The lowest BCUT2D eigenvalue weighted by Crippen LogP contribution is -2.28. The molecule has 0 radical (unpaired) electrons. The van der Waals surface area contributed by atoms with E-state index in [4.69, 9.17) is 4.74 Å². The number of methoxy groups -OCH3 is 1. The maximum atomic E-state index is 14.0. The summed E-state index contributed by atoms with van der Waals surface area (Å²) in [6.07, 6.45) is 2.19. The molecule has 5 nitrogen and oxygen atoms in total. The van der Waals surface area contributed by atoms with Crippen molar-refractivity contribution >= 4 is 11.6 Å². The number of halogens is 1. The lowest BCUT2D eigenvalue weighted by molar-refractivity contribution is -0.118. The molecular weight excluding hydrogens is 323 g/mol. The molecular formula is C19H29FN2O3. The van der Waals surface area contributed by atoms with Crippen LogP contribution < -0.4 is 10.6 Å². The Hall–Kier alpha value is -2.08. The number of carbonyl (C=O) groups is 1. The van der Waals surface area contributed by atoms with Crippen LogP contribution in [0.5, 0.6) is 0 Å². The Morgan fingerprint density at radius 1 is 1.36 bits per heavy atom. The van der Waals surface area contributed by atoms with E-state index in [0.29, 0.717) is 24.3 Å². The van der Waals surface area contributed by atoms with Gasteiger partial charge in [-0.2, -0.15) is 0 Å². The van der Waals surface area contributed by atoms with Crippen LogP contribution in [-0.4, -0.2) is 38.3 Å². The monoisotopic (exact) mass is 352 g/mol. The van der Waals surface area contributed by atoms with Crippen molar-refractivity contribution in [3.63, 3.8) is 0 Å². The van der Waals surface area contributed by atoms with Gasteiger partial charge in [0.05, 0.1) is 19.3 Å². The summed E-state index contributed by atoms with van der Waals surface area (Å²) in [5.41, 5.74) is 3.80. The fourth-order valence-corrected chi connectivity index (χ4v) is 2.88. The third-order valence-electron chi connectivity index (χ3n) is 4.45. The zero-order chi connectivity index (χ0) is 19.0. The van der Waals surface area contributed by atoms with E-state index in [2.05, 4.69) is 10.6 Å². The zero-order valence-electron chi connectivity index (χ0n) is 15.8. The van der Waals surface area contributed by atoms with Crippen LogP contribution in [0.3, 0.4) is 0 Å². The Kier molecular flexibility index (Phi) is 8.41. The number of hydrogen-bond donors (Lipinski definition) is 3. The number of aliphatic hydroxyl groups is 1. The summed E-state index contributed by atoms with van der Waals surface area (Å²) in [6.45, 7) is 5.54. The number of rotatable bonds is 9. The molecule has 0 atom stereocenters. The van der Waals surface area contributed by atoms with Gasteiger partial charge in [-0.25, -0.2) is 4.39 Å². The number of aliphatic hydroxyl groups excluding tert-OH is 1. The Bertz CT molecular complexity index is 642. The Balaban J connectivity index is 2.77. The van der Waals surface area contributed by atoms with Crippen LogP contribution in [0.15, 0.2) is 17.4 Å². The van der Waals surface area contributed by atoms with Gasteiger partial charge in [0, 0.05) is 19.3 Å². The topological polar surface area (TPSA) is 70.6 Å². The molecule has 0 saturated heterocycles. The second-order valence-corrected chi connectivity index (χ2v) is 5.85. The summed E-state index contributed by atoms with van der Waals surface area (Å²) in [5, 5.41) is 15.1. The minimum absolute atomic E-state index is 0.203. The molecule has 140 valence electrons. The fourth-order valence-electron chi connectivity index (χ4n) is 2.88. The highest BCUT2D eigenvalue weighted by molar-refractivity contribution is 5.94. The van der Waals surface area contributed by atoms with Crippen LogP contribution in [0.4, 0.5) is 10.1 Å². The first-order valence-electron chi connectivity index (χ1n) is 8.52. The maximum Gasteiger partial charge on any atom is 0.252 e. The molecule has 6 heteroatoms. The van der Waals surface area contributed by atoms with E-state index in [-0.39, 0.29) is 23.9 Å². The molecule has 0 fully saturated rings. The molecule has 1 aromatic rings. The number of nitrogens with one attached hydrogen (secondary N) is 2. The number of amides is 1. The van der Waals surface area contributed by atoms with E-state index in [1.165, 1.54) is 13.2 Å². The summed E-state index contributed by atoms with van der Waals surface area (Å²) < 4.78 is 19.0. The van der Waals surface area contributed by atoms with Crippen molar-refractivity contribution in [2.75, 3.05) is 32.6 Å². The molecule has 0 aliphatic heterocycles. The molecule has 0 aliphatic carbocycles. The Labute approximate surface area is 149 Å². The smallest absolute Gasteiger partial charge is 0.252 e. The molecule has 0 bridgehead atoms. The molecule has 1 rings (SSSR count). The molecule has 0 saturated carbocycles. The van der Waals surface area contributed by atoms with Gasteiger partial charge in [-0.15, -0.1) is 0 Å². The average molecular weight is 352 g/mol. The zero-order valence-corrected chi connectivity index (χ0v) is 15.8. The second kappa shape index (κ2) is 10.0. The van der Waals surface area contributed by atoms with E-state index in [1.54, 1.807) is 20.9 Å². The molecule has 1 amide bonds. The molecule has 1 aromatic carbocycles. The quantitative estimate of drug-likeness (QED) is 0.363. The van der Waals surface area contributed by atoms with Crippen molar-refractivity contribution < 1.29 is 19.0 Å². The highest BCUT2D eigenvalue weighted by atomic mass is 19.1. The predicted octanol–water partition coefficient (Wildman–Crippen LogP) is 2.70. The summed E-state index contributed by atoms with van der Waals surface area (Å²) in [5.74, 6) is -0.132. The first kappa shape index (κ1) is 21.0. The van der Waals surface area contributed by atoms with Crippen LogP contribution in [-0.2, 0) is 22.4 Å². The van der Waals surface area contributed by atoms with Crippen molar-refractivity contribution in [1.29, 1.82) is 0 Å². The van der Waals surface area contributed by atoms with Gasteiger partial charge >= 0.3 is 0 Å². The van der Waals surface area contributed by atoms with Gasteiger partial charge in [-0.3, -0.25) is 4.79 Å². The SMILES string of the molecule is CCc1c(C)c(F)cc(NC)c1CCCNC(=O)C(CO)=C(C)OC. The third kappa shape index (κ3) is 5.19.